The van der Waals surface area contributed by atoms with Crippen LogP contribution >= 0.6 is 0 Å². The van der Waals surface area contributed by atoms with E-state index in [1.807, 2.05) is 13.8 Å². The van der Waals surface area contributed by atoms with Crippen LogP contribution < -0.4 is 10.1 Å². The Labute approximate surface area is 263 Å². The summed E-state index contributed by atoms with van der Waals surface area (Å²) < 4.78 is 64.2. The van der Waals surface area contributed by atoms with Crippen LogP contribution in [0.3, 0.4) is 0 Å². The Hall–Kier alpha value is -4.93. The summed E-state index contributed by atoms with van der Waals surface area (Å²) in [6.45, 7) is 5.63. The van der Waals surface area contributed by atoms with Crippen molar-refractivity contribution in [2.45, 2.75) is 64.8 Å². The lowest BCUT2D eigenvalue weighted by Crippen LogP contribution is -2.38. The second-order valence-electron chi connectivity index (χ2n) is 10.5. The number of carboxylic acid groups (broad SMARTS) is 1. The Kier molecular flexibility index (Phi) is 11.0. The van der Waals surface area contributed by atoms with E-state index in [9.17, 15) is 32.3 Å². The fraction of sp³-hybridized carbons (Fsp3) is 0.286. The quantitative estimate of drug-likeness (QED) is 0.0813. The van der Waals surface area contributed by atoms with Gasteiger partial charge in [0.2, 0.25) is 5.89 Å². The number of halogens is 4. The Morgan fingerprint density at radius 2 is 1.63 bits per heavy atom. The second kappa shape index (κ2) is 14.9. The first-order chi connectivity index (χ1) is 21.9. The first-order valence-electron chi connectivity index (χ1n) is 14.8. The lowest BCUT2D eigenvalue weighted by Gasteiger charge is -2.19. The van der Waals surface area contributed by atoms with E-state index in [1.165, 1.54) is 18.2 Å². The predicted octanol–water partition coefficient (Wildman–Crippen LogP) is 8.35. The molecule has 0 spiro atoms. The van der Waals surface area contributed by atoms with Crippen molar-refractivity contribution in [2.24, 2.45) is 0 Å². The smallest absolute Gasteiger partial charge is 0.416 e. The van der Waals surface area contributed by atoms with Gasteiger partial charge in [-0.15, -0.1) is 0 Å². The maximum atomic E-state index is 13.4. The number of nitrogens with one attached hydrogen (secondary N) is 1. The third kappa shape index (κ3) is 8.62. The molecule has 2 N–H and O–H groups in total. The number of aryl methyl sites for hydroxylation is 1. The van der Waals surface area contributed by atoms with Crippen LogP contribution in [-0.4, -0.2) is 27.9 Å². The lowest BCUT2D eigenvalue weighted by molar-refractivity contribution is -0.139. The molecule has 46 heavy (non-hydrogen) atoms. The molecule has 0 bridgehead atoms. The largest absolute Gasteiger partial charge is 0.484 e. The van der Waals surface area contributed by atoms with Crippen molar-refractivity contribution in [1.82, 2.24) is 10.3 Å². The number of allylic oxidation sites excluding steroid dienone is 2. The summed E-state index contributed by atoms with van der Waals surface area (Å²) in [5.74, 6) is -0.461. The van der Waals surface area contributed by atoms with Crippen LogP contribution in [0.5, 0.6) is 5.75 Å². The number of hydrogen-bond donors (Lipinski definition) is 2. The molecule has 4 rings (SSSR count). The normalized spacial score (nSPS) is 13.2. The molecule has 242 valence electrons. The van der Waals surface area contributed by atoms with Crippen molar-refractivity contribution in [3.8, 4) is 17.2 Å². The number of ether oxygens (including phenoxy) is 1. The van der Waals surface area contributed by atoms with Crippen LogP contribution in [0, 0.1) is 5.82 Å². The Morgan fingerprint density at radius 1 is 0.978 bits per heavy atom. The van der Waals surface area contributed by atoms with Gasteiger partial charge in [0.1, 0.15) is 35.2 Å². The lowest BCUT2D eigenvalue weighted by atomic mass is 10.0. The number of aliphatic carboxylic acids is 1. The molecule has 0 saturated carbocycles. The van der Waals surface area contributed by atoms with Crippen molar-refractivity contribution >= 4 is 11.8 Å². The molecule has 1 heterocycles. The molecular weight excluding hydrogens is 604 g/mol. The van der Waals surface area contributed by atoms with Gasteiger partial charge in [0.25, 0.3) is 0 Å². The summed E-state index contributed by atoms with van der Waals surface area (Å²) in [6.07, 6.45) is -2.18. The van der Waals surface area contributed by atoms with Crippen LogP contribution in [0.2, 0.25) is 0 Å². The highest BCUT2D eigenvalue weighted by molar-refractivity contribution is 6.04. The molecule has 0 aliphatic heterocycles. The second-order valence-corrected chi connectivity index (χ2v) is 10.5. The van der Waals surface area contributed by atoms with E-state index >= 15 is 0 Å². The number of aromatic nitrogens is 1. The fourth-order valence-corrected chi connectivity index (χ4v) is 4.76. The third-order valence-corrected chi connectivity index (χ3v) is 7.30. The van der Waals surface area contributed by atoms with E-state index in [-0.39, 0.29) is 17.8 Å². The van der Waals surface area contributed by atoms with E-state index < -0.39 is 35.6 Å². The molecule has 11 heteroatoms. The highest BCUT2D eigenvalue weighted by Gasteiger charge is 2.30. The minimum Gasteiger partial charge on any atom is -0.484 e. The SMILES string of the molecule is CCC(=CC(=O)c1ccc(C(F)(F)F)cc1)N[C@@H](Cc1ccc(OC(CC)c2nc(-c3ccc(F)cc3)oc2CC)cc1)C(=O)O. The van der Waals surface area contributed by atoms with Gasteiger partial charge >= 0.3 is 12.1 Å². The topological polar surface area (TPSA) is 102 Å². The standard InChI is InChI=1S/C35H34F4N2O5/c1-4-26(20-29(42)22-9-13-24(14-10-22)35(37,38)39)40-28(34(43)44)19-21-7-17-27(18-8-21)45-30(5-2)32-31(6-3)46-33(41-32)23-11-15-25(36)16-12-23/h7-18,20,28,30,40H,4-6,19H2,1-3H3,(H,43,44)/t28-,30?/m0/s1. The number of carbonyl (C=O) groups is 2. The molecule has 0 aliphatic carbocycles. The van der Waals surface area contributed by atoms with E-state index in [0.29, 0.717) is 59.2 Å². The van der Waals surface area contributed by atoms with Crippen LogP contribution in [0.1, 0.15) is 72.7 Å². The van der Waals surface area contributed by atoms with Gasteiger partial charge in [0.05, 0.1) is 5.56 Å². The summed E-state index contributed by atoms with van der Waals surface area (Å²) in [7, 11) is 0. The number of alkyl halides is 3. The number of ketones is 1. The molecule has 1 aromatic heterocycles. The molecule has 0 saturated heterocycles. The maximum Gasteiger partial charge on any atom is 0.416 e. The van der Waals surface area contributed by atoms with Gasteiger partial charge < -0.3 is 19.6 Å². The third-order valence-electron chi connectivity index (χ3n) is 7.30. The summed E-state index contributed by atoms with van der Waals surface area (Å²) in [5, 5.41) is 12.8. The Balaban J connectivity index is 1.43. The molecule has 0 fully saturated rings. The van der Waals surface area contributed by atoms with Gasteiger partial charge in [0.15, 0.2) is 5.78 Å². The molecule has 2 atom stereocenters. The van der Waals surface area contributed by atoms with Gasteiger partial charge in [0, 0.05) is 35.7 Å². The summed E-state index contributed by atoms with van der Waals surface area (Å²) in [6, 6.07) is 15.6. The first kappa shape index (κ1) is 34.0. The summed E-state index contributed by atoms with van der Waals surface area (Å²) >= 11 is 0. The van der Waals surface area contributed by atoms with Crippen LogP contribution in [0.25, 0.3) is 11.5 Å². The van der Waals surface area contributed by atoms with Gasteiger partial charge in [-0.05, 0) is 66.9 Å². The zero-order valence-electron chi connectivity index (χ0n) is 25.5. The van der Waals surface area contributed by atoms with Crippen LogP contribution in [-0.2, 0) is 23.8 Å². The molecule has 0 radical (unpaired) electrons. The van der Waals surface area contributed by atoms with Crippen molar-refractivity contribution in [1.29, 1.82) is 0 Å². The number of carboxylic acids is 1. The van der Waals surface area contributed by atoms with E-state index in [2.05, 4.69) is 10.3 Å². The van der Waals surface area contributed by atoms with Crippen LogP contribution in [0.15, 0.2) is 89.0 Å². The Bertz CT molecular complexity index is 1660. The first-order valence-corrected chi connectivity index (χ1v) is 14.8. The fourth-order valence-electron chi connectivity index (χ4n) is 4.76. The summed E-state index contributed by atoms with van der Waals surface area (Å²) in [5.41, 5.74) is 1.51. The van der Waals surface area contributed by atoms with E-state index in [4.69, 9.17) is 9.15 Å². The zero-order valence-corrected chi connectivity index (χ0v) is 25.5. The number of rotatable bonds is 14. The van der Waals surface area contributed by atoms with Gasteiger partial charge in [-0.3, -0.25) is 4.79 Å². The number of hydrogen-bond acceptors (Lipinski definition) is 6. The van der Waals surface area contributed by atoms with E-state index in [0.717, 1.165) is 24.3 Å². The number of carbonyl (C=O) groups excluding carboxylic acids is 1. The highest BCUT2D eigenvalue weighted by atomic mass is 19.4. The Morgan fingerprint density at radius 3 is 2.17 bits per heavy atom. The van der Waals surface area contributed by atoms with Gasteiger partial charge in [-0.1, -0.05) is 45.0 Å². The molecular formula is C35H34F4N2O5. The molecule has 0 amide bonds. The molecule has 0 aliphatic rings. The monoisotopic (exact) mass is 638 g/mol. The van der Waals surface area contributed by atoms with Crippen molar-refractivity contribution in [2.75, 3.05) is 0 Å². The minimum atomic E-state index is -4.52. The average Bonchev–Trinajstić information content (AvgIpc) is 3.47. The predicted molar refractivity (Wildman–Crippen MR) is 164 cm³/mol. The van der Waals surface area contributed by atoms with Gasteiger partial charge in [-0.2, -0.15) is 13.2 Å². The van der Waals surface area contributed by atoms with E-state index in [1.54, 1.807) is 43.3 Å². The minimum absolute atomic E-state index is 0.0527. The number of benzene rings is 3. The molecule has 4 aromatic rings. The zero-order chi connectivity index (χ0) is 33.4. The number of nitrogens with zero attached hydrogens (tertiary/aromatic N) is 1. The van der Waals surface area contributed by atoms with Crippen molar-refractivity contribution < 1.29 is 41.4 Å². The molecule has 1 unspecified atom stereocenters. The van der Waals surface area contributed by atoms with Crippen LogP contribution in [0.4, 0.5) is 17.6 Å². The maximum absolute atomic E-state index is 13.4. The summed E-state index contributed by atoms with van der Waals surface area (Å²) in [4.78, 5) is 29.4. The molecule has 7 nitrogen and oxygen atoms in total. The van der Waals surface area contributed by atoms with Crippen molar-refractivity contribution in [3.05, 3.63) is 119 Å². The van der Waals surface area contributed by atoms with Crippen molar-refractivity contribution in [3.63, 3.8) is 0 Å². The highest BCUT2D eigenvalue weighted by Crippen LogP contribution is 2.32. The molecule has 3 aromatic carbocycles. The average molecular weight is 639 g/mol. The number of oxazole rings is 1. The van der Waals surface area contributed by atoms with Gasteiger partial charge in [-0.25, -0.2) is 14.2 Å².